The lowest BCUT2D eigenvalue weighted by Crippen LogP contribution is -2.23. The molecule has 0 aliphatic carbocycles. The average Bonchev–Trinajstić information content (AvgIpc) is 2.86. The number of pyridine rings is 1. The van der Waals surface area contributed by atoms with Gasteiger partial charge in [-0.15, -0.1) is 0 Å². The molecule has 0 radical (unpaired) electrons. The molecule has 2 aromatic heterocycles. The molecule has 2 aromatic rings. The van der Waals surface area contributed by atoms with E-state index in [9.17, 15) is 0 Å². The Labute approximate surface area is 112 Å². The Bertz CT molecular complexity index is 582. The molecule has 0 fully saturated rings. The van der Waals surface area contributed by atoms with Crippen molar-refractivity contribution in [1.82, 2.24) is 14.5 Å². The maximum atomic E-state index is 8.85. The van der Waals surface area contributed by atoms with E-state index in [4.69, 9.17) is 11.0 Å². The van der Waals surface area contributed by atoms with E-state index in [0.717, 1.165) is 24.2 Å². The predicted octanol–water partition coefficient (Wildman–Crippen LogP) is 1.48. The highest BCUT2D eigenvalue weighted by atomic mass is 15.1. The summed E-state index contributed by atoms with van der Waals surface area (Å²) in [6.07, 6.45) is 7.07. The fourth-order valence-electron chi connectivity index (χ4n) is 1.88. The summed E-state index contributed by atoms with van der Waals surface area (Å²) in [5, 5.41) is 8.85. The minimum absolute atomic E-state index is 0.133. The molecule has 0 saturated carbocycles. The largest absolute Gasteiger partial charge is 0.330 e. The van der Waals surface area contributed by atoms with Crippen LogP contribution in [-0.2, 0) is 13.0 Å². The van der Waals surface area contributed by atoms with Gasteiger partial charge in [0, 0.05) is 37.6 Å². The van der Waals surface area contributed by atoms with Crippen LogP contribution in [0.1, 0.15) is 30.4 Å². The van der Waals surface area contributed by atoms with E-state index in [1.54, 1.807) is 18.5 Å². The van der Waals surface area contributed by atoms with Crippen LogP contribution in [-0.4, -0.2) is 20.6 Å². The minimum atomic E-state index is 0.133. The molecule has 0 amide bonds. The topological polar surface area (TPSA) is 80.5 Å². The van der Waals surface area contributed by atoms with Crippen LogP contribution in [0.4, 0.5) is 0 Å². The highest BCUT2D eigenvalue weighted by Gasteiger charge is 2.08. The van der Waals surface area contributed by atoms with Crippen molar-refractivity contribution in [3.05, 3.63) is 47.8 Å². The average molecular weight is 255 g/mol. The normalized spacial score (nSPS) is 12.1. The second kappa shape index (κ2) is 6.12. The summed E-state index contributed by atoms with van der Waals surface area (Å²) < 4.78 is 2.06. The maximum absolute atomic E-state index is 8.85. The van der Waals surface area contributed by atoms with E-state index in [2.05, 4.69) is 21.5 Å². The second-order valence-corrected chi connectivity index (χ2v) is 4.50. The van der Waals surface area contributed by atoms with Crippen LogP contribution >= 0.6 is 0 Å². The predicted molar refractivity (Wildman–Crippen MR) is 72.3 cm³/mol. The van der Waals surface area contributed by atoms with Crippen molar-refractivity contribution in [2.24, 2.45) is 5.73 Å². The molecule has 0 bridgehead atoms. The highest BCUT2D eigenvalue weighted by Crippen LogP contribution is 2.08. The number of rotatable bonds is 5. The zero-order valence-corrected chi connectivity index (χ0v) is 11.0. The first kappa shape index (κ1) is 13.2. The second-order valence-electron chi connectivity index (χ2n) is 4.50. The molecule has 2 rings (SSSR count). The third kappa shape index (κ3) is 3.39. The highest BCUT2D eigenvalue weighted by molar-refractivity contribution is 5.25. The summed E-state index contributed by atoms with van der Waals surface area (Å²) in [6, 6.07) is 5.88. The van der Waals surface area contributed by atoms with Crippen molar-refractivity contribution in [1.29, 1.82) is 5.26 Å². The van der Waals surface area contributed by atoms with Gasteiger partial charge >= 0.3 is 0 Å². The van der Waals surface area contributed by atoms with Gasteiger partial charge in [0.25, 0.3) is 0 Å². The molecule has 0 aliphatic heterocycles. The first-order valence-corrected chi connectivity index (χ1v) is 6.33. The number of nitrogens with zero attached hydrogens (tertiary/aromatic N) is 4. The smallest absolute Gasteiger partial charge is 0.140 e. The molecule has 2 heterocycles. The zero-order chi connectivity index (χ0) is 13.7. The van der Waals surface area contributed by atoms with Gasteiger partial charge in [-0.3, -0.25) is 0 Å². The maximum Gasteiger partial charge on any atom is 0.140 e. The van der Waals surface area contributed by atoms with Gasteiger partial charge in [0.1, 0.15) is 17.6 Å². The van der Waals surface area contributed by atoms with Gasteiger partial charge in [0.15, 0.2) is 0 Å². The molecule has 98 valence electrons. The lowest BCUT2D eigenvalue weighted by molar-refractivity contribution is 0.597. The Balaban J connectivity index is 2.15. The van der Waals surface area contributed by atoms with Gasteiger partial charge < -0.3 is 10.3 Å². The molecule has 1 atom stereocenters. The number of nitrogens with two attached hydrogens (primary N) is 1. The van der Waals surface area contributed by atoms with Gasteiger partial charge in [0.05, 0.1) is 0 Å². The third-order valence-electron chi connectivity index (χ3n) is 3.06. The number of hydrogen-bond donors (Lipinski definition) is 1. The molecule has 1 unspecified atom stereocenters. The Hall–Kier alpha value is -2.19. The van der Waals surface area contributed by atoms with E-state index < -0.39 is 0 Å². The van der Waals surface area contributed by atoms with Crippen LogP contribution in [0, 0.1) is 11.3 Å². The fourth-order valence-corrected chi connectivity index (χ4v) is 1.88. The Morgan fingerprint density at radius 1 is 1.42 bits per heavy atom. The van der Waals surface area contributed by atoms with Crippen molar-refractivity contribution >= 4 is 0 Å². The van der Waals surface area contributed by atoms with Crippen molar-refractivity contribution in [2.45, 2.75) is 32.4 Å². The molecule has 0 spiro atoms. The third-order valence-corrected chi connectivity index (χ3v) is 3.06. The lowest BCUT2D eigenvalue weighted by atomic mass is 10.1. The van der Waals surface area contributed by atoms with Gasteiger partial charge in [-0.05, 0) is 24.1 Å². The van der Waals surface area contributed by atoms with Gasteiger partial charge in [-0.25, -0.2) is 9.97 Å². The minimum Gasteiger partial charge on any atom is -0.330 e. The first-order valence-electron chi connectivity index (χ1n) is 6.33. The van der Waals surface area contributed by atoms with E-state index >= 15 is 0 Å². The summed E-state index contributed by atoms with van der Waals surface area (Å²) in [5.41, 5.74) is 7.44. The van der Waals surface area contributed by atoms with E-state index in [1.807, 2.05) is 18.3 Å². The number of nitriles is 1. The molecule has 5 heteroatoms. The van der Waals surface area contributed by atoms with E-state index in [-0.39, 0.29) is 6.04 Å². The summed E-state index contributed by atoms with van der Waals surface area (Å²) in [5.74, 6) is 0.977. The fraction of sp³-hybridized carbons (Fsp3) is 0.357. The molecule has 0 aliphatic rings. The molecule has 5 nitrogen and oxygen atoms in total. The van der Waals surface area contributed by atoms with Crippen molar-refractivity contribution in [3.63, 3.8) is 0 Å². The number of aromatic nitrogens is 3. The quantitative estimate of drug-likeness (QED) is 0.877. The van der Waals surface area contributed by atoms with Gasteiger partial charge in [-0.1, -0.05) is 6.92 Å². The molecule has 0 saturated heterocycles. The Morgan fingerprint density at radius 3 is 3.00 bits per heavy atom. The van der Waals surface area contributed by atoms with Gasteiger partial charge in [-0.2, -0.15) is 5.26 Å². The summed E-state index contributed by atoms with van der Waals surface area (Å²) >= 11 is 0. The van der Waals surface area contributed by atoms with Crippen LogP contribution in [0.25, 0.3) is 0 Å². The molecular weight excluding hydrogens is 238 g/mol. The number of imidazole rings is 1. The molecular formula is C14H17N5. The van der Waals surface area contributed by atoms with Crippen molar-refractivity contribution < 1.29 is 0 Å². The molecule has 2 N–H and O–H groups in total. The molecule has 19 heavy (non-hydrogen) atoms. The van der Waals surface area contributed by atoms with Crippen LogP contribution in [0.5, 0.6) is 0 Å². The van der Waals surface area contributed by atoms with Crippen LogP contribution in [0.3, 0.4) is 0 Å². The lowest BCUT2D eigenvalue weighted by Gasteiger charge is -2.11. The van der Waals surface area contributed by atoms with Crippen molar-refractivity contribution in [3.8, 4) is 6.07 Å². The first-order chi connectivity index (χ1) is 9.22. The van der Waals surface area contributed by atoms with Gasteiger partial charge in [0.2, 0.25) is 0 Å². The number of hydrogen-bond acceptors (Lipinski definition) is 4. The Morgan fingerprint density at radius 2 is 2.26 bits per heavy atom. The van der Waals surface area contributed by atoms with Crippen LogP contribution in [0.15, 0.2) is 30.7 Å². The van der Waals surface area contributed by atoms with E-state index in [1.165, 1.54) is 0 Å². The summed E-state index contributed by atoms with van der Waals surface area (Å²) in [7, 11) is 0. The standard InChI is InChI=1S/C14H17N5/c1-2-12(16)8-14-18-5-6-19(14)10-11-3-4-17-13(7-11)9-15/h3-7,12H,2,8,10,16H2,1H3. The SMILES string of the molecule is CCC(N)Cc1nccn1Cc1ccnc(C#N)c1. The van der Waals surface area contributed by atoms with Crippen molar-refractivity contribution in [2.75, 3.05) is 0 Å². The molecule has 0 aromatic carbocycles. The van der Waals surface area contributed by atoms with E-state index in [0.29, 0.717) is 12.2 Å². The van der Waals surface area contributed by atoms with Crippen LogP contribution < -0.4 is 5.73 Å². The zero-order valence-electron chi connectivity index (χ0n) is 11.0. The monoisotopic (exact) mass is 255 g/mol. The summed E-state index contributed by atoms with van der Waals surface area (Å²) in [6.45, 7) is 2.75. The summed E-state index contributed by atoms with van der Waals surface area (Å²) in [4.78, 5) is 8.31. The van der Waals surface area contributed by atoms with Crippen LogP contribution in [0.2, 0.25) is 0 Å². The Kier molecular flexibility index (Phi) is 4.26.